The number of benzene rings is 2. The van der Waals surface area contributed by atoms with Crippen LogP contribution in [0.2, 0.25) is 0 Å². The molecule has 2 aromatic carbocycles. The van der Waals surface area contributed by atoms with E-state index in [0.29, 0.717) is 19.0 Å². The Labute approximate surface area is 196 Å². The highest BCUT2D eigenvalue weighted by molar-refractivity contribution is 7.98. The lowest BCUT2D eigenvalue weighted by Crippen LogP contribution is -2.37. The highest BCUT2D eigenvalue weighted by Gasteiger charge is 2.22. The van der Waals surface area contributed by atoms with Crippen LogP contribution in [-0.4, -0.2) is 53.3 Å². The quantitative estimate of drug-likeness (QED) is 0.374. The fourth-order valence-electron chi connectivity index (χ4n) is 3.82. The molecule has 0 saturated carbocycles. The molecule has 3 heterocycles. The number of thioether (sulfide) groups is 1. The van der Waals surface area contributed by atoms with Gasteiger partial charge in [0.2, 0.25) is 5.95 Å². The first-order valence-corrected chi connectivity index (χ1v) is 11.8. The van der Waals surface area contributed by atoms with Gasteiger partial charge in [0.15, 0.2) is 5.16 Å². The Hall–Kier alpha value is -3.30. The summed E-state index contributed by atoms with van der Waals surface area (Å²) in [5.41, 5.74) is 3.87. The SMILES string of the molecule is COc1ccccc1-c1cc(CSc2nnc(N3CCOCC3)n2-c2cccc(C)c2)on1. The molecule has 170 valence electrons. The molecule has 1 aliphatic heterocycles. The number of nitrogens with zero attached hydrogens (tertiary/aromatic N) is 5. The minimum atomic E-state index is 0.579. The molecular weight excluding hydrogens is 438 g/mol. The van der Waals surface area contributed by atoms with Gasteiger partial charge >= 0.3 is 0 Å². The Morgan fingerprint density at radius 1 is 1.03 bits per heavy atom. The van der Waals surface area contributed by atoms with Crippen molar-refractivity contribution in [2.24, 2.45) is 0 Å². The van der Waals surface area contributed by atoms with E-state index in [1.165, 1.54) is 5.56 Å². The summed E-state index contributed by atoms with van der Waals surface area (Å²) in [5, 5.41) is 14.1. The Morgan fingerprint density at radius 3 is 2.70 bits per heavy atom. The number of morpholine rings is 1. The average Bonchev–Trinajstić information content (AvgIpc) is 3.50. The van der Waals surface area contributed by atoms with Crippen LogP contribution in [0.5, 0.6) is 5.75 Å². The summed E-state index contributed by atoms with van der Waals surface area (Å²) in [6.07, 6.45) is 0. The smallest absolute Gasteiger partial charge is 0.232 e. The maximum atomic E-state index is 5.62. The normalized spacial score (nSPS) is 13.9. The molecule has 0 spiro atoms. The lowest BCUT2D eigenvalue weighted by molar-refractivity contribution is 0.122. The Balaban J connectivity index is 1.41. The molecule has 1 fully saturated rings. The van der Waals surface area contributed by atoms with E-state index in [4.69, 9.17) is 14.0 Å². The van der Waals surface area contributed by atoms with Gasteiger partial charge in [-0.1, -0.05) is 41.2 Å². The van der Waals surface area contributed by atoms with Gasteiger partial charge in [0, 0.05) is 24.7 Å². The van der Waals surface area contributed by atoms with Crippen LogP contribution in [0.25, 0.3) is 16.9 Å². The van der Waals surface area contributed by atoms with E-state index >= 15 is 0 Å². The van der Waals surface area contributed by atoms with Gasteiger partial charge in [0.25, 0.3) is 0 Å². The van der Waals surface area contributed by atoms with Crippen LogP contribution < -0.4 is 9.64 Å². The third kappa shape index (κ3) is 4.60. The van der Waals surface area contributed by atoms with Gasteiger partial charge in [-0.25, -0.2) is 0 Å². The van der Waals surface area contributed by atoms with Crippen LogP contribution in [-0.2, 0) is 10.5 Å². The van der Waals surface area contributed by atoms with Gasteiger partial charge < -0.3 is 18.9 Å². The van der Waals surface area contributed by atoms with Crippen LogP contribution >= 0.6 is 11.8 Å². The van der Waals surface area contributed by atoms with Crippen molar-refractivity contribution >= 4 is 17.7 Å². The van der Waals surface area contributed by atoms with Crippen LogP contribution in [0.1, 0.15) is 11.3 Å². The average molecular weight is 464 g/mol. The van der Waals surface area contributed by atoms with Gasteiger partial charge in [-0.3, -0.25) is 4.57 Å². The molecule has 33 heavy (non-hydrogen) atoms. The van der Waals surface area contributed by atoms with E-state index in [0.717, 1.165) is 52.6 Å². The molecule has 1 aliphatic rings. The third-order valence-electron chi connectivity index (χ3n) is 5.46. The van der Waals surface area contributed by atoms with Crippen molar-refractivity contribution in [2.75, 3.05) is 38.3 Å². The molecule has 5 rings (SSSR count). The Kier molecular flexibility index (Phi) is 6.32. The maximum Gasteiger partial charge on any atom is 0.232 e. The zero-order chi connectivity index (χ0) is 22.6. The summed E-state index contributed by atoms with van der Waals surface area (Å²) in [4.78, 5) is 2.22. The zero-order valence-electron chi connectivity index (χ0n) is 18.6. The number of rotatable bonds is 7. The summed E-state index contributed by atoms with van der Waals surface area (Å²) in [7, 11) is 1.65. The minimum Gasteiger partial charge on any atom is -0.496 e. The number of hydrogen-bond donors (Lipinski definition) is 0. The molecular formula is C24H25N5O3S. The summed E-state index contributed by atoms with van der Waals surface area (Å²) in [6, 6.07) is 18.1. The molecule has 0 bridgehead atoms. The monoisotopic (exact) mass is 463 g/mol. The van der Waals surface area contributed by atoms with E-state index in [9.17, 15) is 0 Å². The molecule has 9 heteroatoms. The van der Waals surface area contributed by atoms with E-state index in [1.807, 2.05) is 30.3 Å². The fraction of sp³-hybridized carbons (Fsp3) is 0.292. The van der Waals surface area contributed by atoms with Crippen LogP contribution in [0.4, 0.5) is 5.95 Å². The standard InChI is InChI=1S/C24H25N5O3S/c1-17-6-5-7-18(14-17)29-23(28-10-12-31-13-11-28)25-26-24(29)33-16-19-15-21(27-32-19)20-8-3-4-9-22(20)30-2/h3-9,14-15H,10-13,16H2,1-2H3. The summed E-state index contributed by atoms with van der Waals surface area (Å²) in [6.45, 7) is 5.04. The molecule has 0 atom stereocenters. The van der Waals surface area contributed by atoms with E-state index in [2.05, 4.69) is 56.0 Å². The first kappa shape index (κ1) is 21.5. The van der Waals surface area contributed by atoms with Gasteiger partial charge in [0.05, 0.1) is 31.8 Å². The number of aromatic nitrogens is 4. The summed E-state index contributed by atoms with van der Waals surface area (Å²) in [5.74, 6) is 2.93. The number of ether oxygens (including phenoxy) is 2. The van der Waals surface area contributed by atoms with Crippen molar-refractivity contribution in [2.45, 2.75) is 17.8 Å². The van der Waals surface area contributed by atoms with Crippen molar-refractivity contribution in [1.82, 2.24) is 19.9 Å². The molecule has 0 aliphatic carbocycles. The number of methoxy groups -OCH3 is 1. The largest absolute Gasteiger partial charge is 0.496 e. The minimum absolute atomic E-state index is 0.579. The first-order valence-electron chi connectivity index (χ1n) is 10.8. The molecule has 0 unspecified atom stereocenters. The highest BCUT2D eigenvalue weighted by Crippen LogP contribution is 2.32. The summed E-state index contributed by atoms with van der Waals surface area (Å²) >= 11 is 1.57. The van der Waals surface area contributed by atoms with E-state index in [1.54, 1.807) is 18.9 Å². The fourth-order valence-corrected chi connectivity index (χ4v) is 4.64. The molecule has 8 nitrogen and oxygen atoms in total. The second kappa shape index (κ2) is 9.68. The van der Waals surface area contributed by atoms with Gasteiger partial charge in [-0.05, 0) is 36.8 Å². The van der Waals surface area contributed by atoms with Crippen molar-refractivity contribution in [3.8, 4) is 22.7 Å². The predicted molar refractivity (Wildman–Crippen MR) is 127 cm³/mol. The van der Waals surface area contributed by atoms with Crippen LogP contribution in [0.15, 0.2) is 64.3 Å². The van der Waals surface area contributed by atoms with Crippen molar-refractivity contribution in [3.63, 3.8) is 0 Å². The molecule has 2 aromatic heterocycles. The molecule has 0 radical (unpaired) electrons. The number of para-hydroxylation sites is 1. The maximum absolute atomic E-state index is 5.62. The number of anilines is 1. The second-order valence-corrected chi connectivity index (χ2v) is 8.67. The van der Waals surface area contributed by atoms with Gasteiger partial charge in [0.1, 0.15) is 17.2 Å². The predicted octanol–water partition coefficient (Wildman–Crippen LogP) is 4.37. The van der Waals surface area contributed by atoms with Crippen LogP contribution in [0, 0.1) is 6.92 Å². The number of hydrogen-bond acceptors (Lipinski definition) is 8. The third-order valence-corrected chi connectivity index (χ3v) is 6.41. The Bertz CT molecular complexity index is 1230. The molecule has 0 amide bonds. The summed E-state index contributed by atoms with van der Waals surface area (Å²) < 4.78 is 18.7. The zero-order valence-corrected chi connectivity index (χ0v) is 19.4. The lowest BCUT2D eigenvalue weighted by atomic mass is 10.1. The second-order valence-electron chi connectivity index (χ2n) is 7.72. The molecule has 0 N–H and O–H groups in total. The van der Waals surface area contributed by atoms with Crippen molar-refractivity contribution in [3.05, 3.63) is 65.9 Å². The molecule has 4 aromatic rings. The van der Waals surface area contributed by atoms with Crippen LogP contribution in [0.3, 0.4) is 0 Å². The van der Waals surface area contributed by atoms with Gasteiger partial charge in [-0.15, -0.1) is 10.2 Å². The lowest BCUT2D eigenvalue weighted by Gasteiger charge is -2.28. The topological polar surface area (TPSA) is 78.4 Å². The van der Waals surface area contributed by atoms with Gasteiger partial charge in [-0.2, -0.15) is 0 Å². The number of aryl methyl sites for hydroxylation is 1. The molecule has 1 saturated heterocycles. The van der Waals surface area contributed by atoms with Crippen molar-refractivity contribution in [1.29, 1.82) is 0 Å². The van der Waals surface area contributed by atoms with Crippen molar-refractivity contribution < 1.29 is 14.0 Å². The first-order chi connectivity index (χ1) is 16.2. The van der Waals surface area contributed by atoms with E-state index in [-0.39, 0.29) is 0 Å². The Morgan fingerprint density at radius 2 is 1.88 bits per heavy atom. The van der Waals surface area contributed by atoms with E-state index < -0.39 is 0 Å². The highest BCUT2D eigenvalue weighted by atomic mass is 32.2.